The third kappa shape index (κ3) is 2.67. The molecule has 1 aliphatic heterocycles. The van der Waals surface area contributed by atoms with Gasteiger partial charge in [-0.2, -0.15) is 0 Å². The van der Waals surface area contributed by atoms with Gasteiger partial charge in [0.15, 0.2) is 0 Å². The maximum absolute atomic E-state index is 13.2. The summed E-state index contributed by atoms with van der Waals surface area (Å²) in [5.41, 5.74) is 0.645. The molecule has 1 aromatic rings. The number of rotatable bonds is 3. The second-order valence-electron chi connectivity index (χ2n) is 4.31. The van der Waals surface area contributed by atoms with Crippen molar-refractivity contribution in [2.24, 2.45) is 5.92 Å². The number of hydrogen-bond acceptors (Lipinski definition) is 3. The van der Waals surface area contributed by atoms with Crippen LogP contribution in [0.4, 0.5) is 4.39 Å². The van der Waals surface area contributed by atoms with Crippen molar-refractivity contribution < 1.29 is 18.7 Å². The minimum Gasteiger partial charge on any atom is -0.496 e. The highest BCUT2D eigenvalue weighted by atomic mass is 19.1. The molecular weight excluding hydrogens is 237 g/mol. The third-order valence-corrected chi connectivity index (χ3v) is 3.06. The zero-order valence-electron chi connectivity index (χ0n) is 10.0. The van der Waals surface area contributed by atoms with Crippen molar-refractivity contribution in [3.8, 4) is 5.75 Å². The molecule has 18 heavy (non-hydrogen) atoms. The van der Waals surface area contributed by atoms with E-state index in [0.717, 1.165) is 0 Å². The SMILES string of the molecule is COc1ccc(F)cc1CC1CCC(=O)NC1=O. The van der Waals surface area contributed by atoms with Crippen LogP contribution in [0.25, 0.3) is 0 Å². The standard InChI is InChI=1S/C13H14FNO3/c1-18-11-4-3-10(14)7-9(11)6-8-2-5-12(16)15-13(8)17/h3-4,7-8H,2,5-6H2,1H3,(H,15,16,17). The molecular formula is C13H14FNO3. The number of halogens is 1. The molecule has 1 heterocycles. The monoisotopic (exact) mass is 251 g/mol. The lowest BCUT2D eigenvalue weighted by molar-refractivity contribution is -0.136. The average molecular weight is 251 g/mol. The highest BCUT2D eigenvalue weighted by Crippen LogP contribution is 2.25. The summed E-state index contributed by atoms with van der Waals surface area (Å²) in [4.78, 5) is 22.7. The summed E-state index contributed by atoms with van der Waals surface area (Å²) in [6.45, 7) is 0. The van der Waals surface area contributed by atoms with Gasteiger partial charge in [0.25, 0.3) is 0 Å². The van der Waals surface area contributed by atoms with Gasteiger partial charge in [0.1, 0.15) is 11.6 Å². The van der Waals surface area contributed by atoms with Crippen LogP contribution in [-0.4, -0.2) is 18.9 Å². The van der Waals surface area contributed by atoms with E-state index in [1.165, 1.54) is 25.3 Å². The van der Waals surface area contributed by atoms with Crippen LogP contribution in [0.15, 0.2) is 18.2 Å². The van der Waals surface area contributed by atoms with Crippen LogP contribution in [0.2, 0.25) is 0 Å². The number of methoxy groups -OCH3 is 1. The minimum absolute atomic E-state index is 0.248. The highest BCUT2D eigenvalue weighted by molar-refractivity contribution is 5.98. The number of amides is 2. The molecule has 0 aromatic heterocycles. The van der Waals surface area contributed by atoms with E-state index in [1.54, 1.807) is 0 Å². The maximum atomic E-state index is 13.2. The Bertz CT molecular complexity index is 487. The Labute approximate surface area is 104 Å². The number of carbonyl (C=O) groups excluding carboxylic acids is 2. The lowest BCUT2D eigenvalue weighted by atomic mass is 9.91. The van der Waals surface area contributed by atoms with E-state index in [-0.39, 0.29) is 23.5 Å². The first-order valence-corrected chi connectivity index (χ1v) is 5.76. The number of ether oxygens (including phenoxy) is 1. The second kappa shape index (κ2) is 5.16. The molecule has 1 fully saturated rings. The summed E-state index contributed by atoms with van der Waals surface area (Å²) in [6, 6.07) is 4.21. The molecule has 1 N–H and O–H groups in total. The molecule has 0 aliphatic carbocycles. The van der Waals surface area contributed by atoms with Gasteiger partial charge in [0, 0.05) is 12.3 Å². The molecule has 2 amide bonds. The van der Waals surface area contributed by atoms with Gasteiger partial charge in [0.2, 0.25) is 11.8 Å². The van der Waals surface area contributed by atoms with Gasteiger partial charge in [-0.3, -0.25) is 14.9 Å². The quantitative estimate of drug-likeness (QED) is 0.827. The molecule has 96 valence electrons. The fourth-order valence-corrected chi connectivity index (χ4v) is 2.11. The molecule has 0 bridgehead atoms. The van der Waals surface area contributed by atoms with Gasteiger partial charge < -0.3 is 4.74 Å². The number of imide groups is 1. The van der Waals surface area contributed by atoms with Gasteiger partial charge >= 0.3 is 0 Å². The first kappa shape index (κ1) is 12.5. The van der Waals surface area contributed by atoms with E-state index < -0.39 is 0 Å². The van der Waals surface area contributed by atoms with Crippen molar-refractivity contribution in [1.29, 1.82) is 0 Å². The summed E-state index contributed by atoms with van der Waals surface area (Å²) in [6.07, 6.45) is 1.19. The van der Waals surface area contributed by atoms with Gasteiger partial charge in [-0.1, -0.05) is 0 Å². The largest absolute Gasteiger partial charge is 0.496 e. The first-order chi connectivity index (χ1) is 8.60. The Hall–Kier alpha value is -1.91. The van der Waals surface area contributed by atoms with E-state index in [2.05, 4.69) is 5.32 Å². The first-order valence-electron chi connectivity index (χ1n) is 5.76. The van der Waals surface area contributed by atoms with Crippen LogP contribution in [-0.2, 0) is 16.0 Å². The molecule has 1 atom stereocenters. The van der Waals surface area contributed by atoms with Gasteiger partial charge in [-0.05, 0) is 36.6 Å². The average Bonchev–Trinajstić information content (AvgIpc) is 2.33. The number of hydrogen-bond donors (Lipinski definition) is 1. The number of benzene rings is 1. The van der Waals surface area contributed by atoms with Crippen LogP contribution >= 0.6 is 0 Å². The molecule has 5 heteroatoms. The van der Waals surface area contributed by atoms with E-state index in [1.807, 2.05) is 0 Å². The van der Waals surface area contributed by atoms with Crippen molar-refractivity contribution in [2.45, 2.75) is 19.3 Å². The number of piperidine rings is 1. The van der Waals surface area contributed by atoms with Crippen LogP contribution in [0.3, 0.4) is 0 Å². The molecule has 0 spiro atoms. The summed E-state index contributed by atoms with van der Waals surface area (Å²) in [5.74, 6) is -0.655. The van der Waals surface area contributed by atoms with Crippen LogP contribution in [0, 0.1) is 11.7 Å². The lowest BCUT2D eigenvalue weighted by Crippen LogP contribution is -2.41. The van der Waals surface area contributed by atoms with Crippen molar-refractivity contribution in [2.75, 3.05) is 7.11 Å². The highest BCUT2D eigenvalue weighted by Gasteiger charge is 2.27. The zero-order valence-corrected chi connectivity index (χ0v) is 10.0. The van der Waals surface area contributed by atoms with E-state index in [9.17, 15) is 14.0 Å². The molecule has 1 saturated heterocycles. The summed E-state index contributed by atoms with van der Waals surface area (Å²) < 4.78 is 18.3. The van der Waals surface area contributed by atoms with Crippen molar-refractivity contribution in [3.05, 3.63) is 29.6 Å². The maximum Gasteiger partial charge on any atom is 0.230 e. The summed E-state index contributed by atoms with van der Waals surface area (Å²) >= 11 is 0. The Balaban J connectivity index is 2.16. The molecule has 2 rings (SSSR count). The molecule has 4 nitrogen and oxygen atoms in total. The number of carbonyl (C=O) groups is 2. The third-order valence-electron chi connectivity index (χ3n) is 3.06. The summed E-state index contributed by atoms with van der Waals surface area (Å²) in [7, 11) is 1.50. The predicted molar refractivity (Wildman–Crippen MR) is 62.5 cm³/mol. The van der Waals surface area contributed by atoms with E-state index in [0.29, 0.717) is 30.6 Å². The van der Waals surface area contributed by atoms with Crippen molar-refractivity contribution in [1.82, 2.24) is 5.32 Å². The topological polar surface area (TPSA) is 55.4 Å². The Morgan fingerprint density at radius 2 is 2.22 bits per heavy atom. The summed E-state index contributed by atoms with van der Waals surface area (Å²) in [5, 5.41) is 2.29. The molecule has 1 unspecified atom stereocenters. The molecule has 0 saturated carbocycles. The molecule has 1 aromatic carbocycles. The fraction of sp³-hybridized carbons (Fsp3) is 0.385. The van der Waals surface area contributed by atoms with Gasteiger partial charge in [-0.25, -0.2) is 4.39 Å². The normalized spacial score (nSPS) is 19.6. The van der Waals surface area contributed by atoms with Crippen LogP contribution in [0.5, 0.6) is 5.75 Å². The Morgan fingerprint density at radius 3 is 2.89 bits per heavy atom. The molecule has 1 aliphatic rings. The second-order valence-corrected chi connectivity index (χ2v) is 4.31. The minimum atomic E-state index is -0.363. The van der Waals surface area contributed by atoms with Crippen molar-refractivity contribution >= 4 is 11.8 Å². The van der Waals surface area contributed by atoms with E-state index in [4.69, 9.17) is 4.74 Å². The van der Waals surface area contributed by atoms with Crippen molar-refractivity contribution in [3.63, 3.8) is 0 Å². The van der Waals surface area contributed by atoms with Gasteiger partial charge in [0.05, 0.1) is 7.11 Å². The smallest absolute Gasteiger partial charge is 0.230 e. The zero-order chi connectivity index (χ0) is 13.1. The number of nitrogens with one attached hydrogen (secondary N) is 1. The predicted octanol–water partition coefficient (Wildman–Crippen LogP) is 1.43. The van der Waals surface area contributed by atoms with Crippen LogP contribution < -0.4 is 10.1 Å². The van der Waals surface area contributed by atoms with Crippen LogP contribution in [0.1, 0.15) is 18.4 Å². The Morgan fingerprint density at radius 1 is 1.44 bits per heavy atom. The molecule has 0 radical (unpaired) electrons. The fourth-order valence-electron chi connectivity index (χ4n) is 2.11. The Kier molecular flexibility index (Phi) is 3.60. The van der Waals surface area contributed by atoms with E-state index >= 15 is 0 Å². The lowest BCUT2D eigenvalue weighted by Gasteiger charge is -2.21. The van der Waals surface area contributed by atoms with Gasteiger partial charge in [-0.15, -0.1) is 0 Å².